The zero-order valence-corrected chi connectivity index (χ0v) is 17.2. The fraction of sp³-hybridized carbons (Fsp3) is 0.625. The van der Waals surface area contributed by atoms with Crippen LogP contribution in [0.5, 0.6) is 0 Å². The zero-order valence-electron chi connectivity index (χ0n) is 14.3. The monoisotopic (exact) mass is 467 g/mol. The number of anilines is 1. The maximum absolute atomic E-state index is 12.1. The first-order valence-electron chi connectivity index (χ1n) is 7.78. The van der Waals surface area contributed by atoms with Gasteiger partial charge < -0.3 is 19.7 Å². The summed E-state index contributed by atoms with van der Waals surface area (Å²) in [4.78, 5) is 18.4. The summed E-state index contributed by atoms with van der Waals surface area (Å²) < 4.78 is 11.9. The third-order valence-electron chi connectivity index (χ3n) is 3.70. The van der Waals surface area contributed by atoms with Crippen molar-refractivity contribution in [1.82, 2.24) is 10.3 Å². The Hall–Kier alpha value is -0.800. The number of carbonyl (C=O) groups is 1. The molecule has 0 radical (unpaired) electrons. The number of amides is 1. The lowest BCUT2D eigenvalue weighted by Gasteiger charge is -2.39. The van der Waals surface area contributed by atoms with Crippen molar-refractivity contribution in [2.24, 2.45) is 0 Å². The number of nitrogens with one attached hydrogen (secondary N) is 1. The average molecular weight is 468 g/mol. The Balaban J connectivity index is 2.11. The van der Waals surface area contributed by atoms with Crippen LogP contribution in [0.15, 0.2) is 12.3 Å². The topological polar surface area (TPSA) is 63.7 Å². The number of hydrogen-bond donors (Lipinski definition) is 1. The molecule has 6 nitrogen and oxygen atoms in total. The molecule has 0 spiro atoms. The Morgan fingerprint density at radius 3 is 2.83 bits per heavy atom. The van der Waals surface area contributed by atoms with Gasteiger partial charge in [-0.1, -0.05) is 11.6 Å². The number of carbonyl (C=O) groups excluding carboxylic acids is 1. The summed E-state index contributed by atoms with van der Waals surface area (Å²) in [6.07, 6.45) is 2.06. The van der Waals surface area contributed by atoms with E-state index in [1.807, 2.05) is 26.8 Å². The molecule has 0 unspecified atom stereocenters. The first-order valence-corrected chi connectivity index (χ1v) is 9.23. The van der Waals surface area contributed by atoms with E-state index in [9.17, 15) is 4.79 Å². The number of pyridine rings is 1. The second-order valence-electron chi connectivity index (χ2n) is 6.72. The van der Waals surface area contributed by atoms with Crippen molar-refractivity contribution in [3.63, 3.8) is 0 Å². The minimum absolute atomic E-state index is 0.0521. The van der Waals surface area contributed by atoms with E-state index in [1.165, 1.54) is 0 Å². The summed E-state index contributed by atoms with van der Waals surface area (Å²) in [7, 11) is 1.66. The number of nitrogens with zero attached hydrogens (tertiary/aromatic N) is 2. The van der Waals surface area contributed by atoms with Gasteiger partial charge in [0, 0.05) is 26.4 Å². The number of piperidine rings is 1. The first kappa shape index (κ1) is 19.5. The number of hydrogen-bond acceptors (Lipinski definition) is 5. The van der Waals surface area contributed by atoms with Crippen LogP contribution in [-0.2, 0) is 9.47 Å². The van der Waals surface area contributed by atoms with Gasteiger partial charge in [0.2, 0.25) is 0 Å². The molecule has 1 N–H and O–H groups in total. The molecule has 2 atom stereocenters. The highest BCUT2D eigenvalue weighted by Gasteiger charge is 2.32. The highest BCUT2D eigenvalue weighted by Crippen LogP contribution is 2.28. The Morgan fingerprint density at radius 1 is 1.50 bits per heavy atom. The number of methoxy groups -OCH3 is 1. The Kier molecular flexibility index (Phi) is 6.55. The largest absolute Gasteiger partial charge is 0.444 e. The Morgan fingerprint density at radius 2 is 2.21 bits per heavy atom. The van der Waals surface area contributed by atoms with Crippen LogP contribution in [0, 0.1) is 3.57 Å². The van der Waals surface area contributed by atoms with E-state index < -0.39 is 11.7 Å². The van der Waals surface area contributed by atoms with E-state index in [2.05, 4.69) is 37.8 Å². The normalized spacial score (nSPS) is 21.5. The number of aromatic nitrogens is 1. The quantitative estimate of drug-likeness (QED) is 0.545. The fourth-order valence-corrected chi connectivity index (χ4v) is 3.46. The summed E-state index contributed by atoms with van der Waals surface area (Å²) in [6.45, 7) is 6.97. The lowest BCUT2D eigenvalue weighted by Crippen LogP contribution is -2.56. The van der Waals surface area contributed by atoms with Crippen LogP contribution in [0.25, 0.3) is 0 Å². The summed E-state index contributed by atoms with van der Waals surface area (Å²) in [5.74, 6) is 0. The van der Waals surface area contributed by atoms with Crippen LogP contribution in [0.3, 0.4) is 0 Å². The second-order valence-corrected chi connectivity index (χ2v) is 8.27. The maximum atomic E-state index is 12.1. The smallest absolute Gasteiger partial charge is 0.408 e. The molecule has 1 aromatic heterocycles. The number of halogens is 2. The molecule has 1 saturated heterocycles. The van der Waals surface area contributed by atoms with Crippen molar-refractivity contribution in [1.29, 1.82) is 0 Å². The lowest BCUT2D eigenvalue weighted by atomic mass is 10.0. The van der Waals surface area contributed by atoms with Gasteiger partial charge in [0.15, 0.2) is 0 Å². The van der Waals surface area contributed by atoms with Crippen molar-refractivity contribution in [2.75, 3.05) is 25.1 Å². The predicted molar refractivity (Wildman–Crippen MR) is 103 cm³/mol. The van der Waals surface area contributed by atoms with Gasteiger partial charge in [-0.25, -0.2) is 9.78 Å². The number of ether oxygens (including phenoxy) is 2. The SMILES string of the molecule is CO[C@@H]1CCN(c2cc(Cl)ncc2I)C[C@H]1NC(=O)OC(C)(C)C. The summed E-state index contributed by atoms with van der Waals surface area (Å²) in [5, 5.41) is 3.39. The standard InChI is InChI=1S/C16H23ClIN3O3/c1-16(2,3)24-15(22)20-11-9-21(6-5-13(11)23-4)12-7-14(17)19-8-10(12)18/h7-8,11,13H,5-6,9H2,1-4H3,(H,20,22)/t11-,13-/m1/s1. The van der Waals surface area contributed by atoms with Gasteiger partial charge in [-0.05, 0) is 55.8 Å². The molecule has 0 aromatic carbocycles. The first-order chi connectivity index (χ1) is 11.2. The van der Waals surface area contributed by atoms with Crippen molar-refractivity contribution < 1.29 is 14.3 Å². The average Bonchev–Trinajstić information content (AvgIpc) is 2.47. The molecule has 2 rings (SSSR count). The summed E-state index contributed by atoms with van der Waals surface area (Å²) in [6, 6.07) is 1.68. The van der Waals surface area contributed by atoms with Crippen molar-refractivity contribution in [3.8, 4) is 0 Å². The van der Waals surface area contributed by atoms with Gasteiger partial charge in [0.1, 0.15) is 10.8 Å². The van der Waals surface area contributed by atoms with E-state index in [0.717, 1.165) is 22.2 Å². The van der Waals surface area contributed by atoms with Crippen molar-refractivity contribution >= 4 is 46.0 Å². The van der Waals surface area contributed by atoms with Gasteiger partial charge in [-0.2, -0.15) is 0 Å². The molecular weight excluding hydrogens is 445 g/mol. The van der Waals surface area contributed by atoms with Gasteiger partial charge >= 0.3 is 6.09 Å². The van der Waals surface area contributed by atoms with Crippen molar-refractivity contribution in [2.45, 2.75) is 44.9 Å². The number of alkyl carbamates (subject to hydrolysis) is 1. The third kappa shape index (κ3) is 5.35. The molecule has 1 amide bonds. The van der Waals surface area contributed by atoms with Crippen LogP contribution >= 0.6 is 34.2 Å². The predicted octanol–water partition coefficient (Wildman–Crippen LogP) is 3.46. The van der Waals surface area contributed by atoms with E-state index in [-0.39, 0.29) is 12.1 Å². The molecule has 0 saturated carbocycles. The zero-order chi connectivity index (χ0) is 17.9. The van der Waals surface area contributed by atoms with E-state index in [0.29, 0.717) is 11.7 Å². The summed E-state index contributed by atoms with van der Waals surface area (Å²) in [5.41, 5.74) is 0.482. The second kappa shape index (κ2) is 8.05. The molecule has 1 aromatic rings. The lowest BCUT2D eigenvalue weighted by molar-refractivity contribution is 0.0281. The molecule has 8 heteroatoms. The van der Waals surface area contributed by atoms with E-state index in [4.69, 9.17) is 21.1 Å². The van der Waals surface area contributed by atoms with E-state index in [1.54, 1.807) is 13.3 Å². The fourth-order valence-electron chi connectivity index (χ4n) is 2.67. The summed E-state index contributed by atoms with van der Waals surface area (Å²) >= 11 is 8.27. The molecule has 24 heavy (non-hydrogen) atoms. The van der Waals surface area contributed by atoms with Gasteiger partial charge in [-0.15, -0.1) is 0 Å². The van der Waals surface area contributed by atoms with Crippen LogP contribution in [0.4, 0.5) is 10.5 Å². The van der Waals surface area contributed by atoms with Gasteiger partial charge in [-0.3, -0.25) is 0 Å². The minimum atomic E-state index is -0.533. The molecule has 1 aliphatic heterocycles. The van der Waals surface area contributed by atoms with Crippen LogP contribution < -0.4 is 10.2 Å². The highest BCUT2D eigenvalue weighted by molar-refractivity contribution is 14.1. The Labute approximate surface area is 161 Å². The van der Waals surface area contributed by atoms with E-state index >= 15 is 0 Å². The highest BCUT2D eigenvalue weighted by atomic mass is 127. The molecule has 2 heterocycles. The van der Waals surface area contributed by atoms with Crippen molar-refractivity contribution in [3.05, 3.63) is 21.0 Å². The third-order valence-corrected chi connectivity index (χ3v) is 4.73. The minimum Gasteiger partial charge on any atom is -0.444 e. The van der Waals surface area contributed by atoms with Crippen LogP contribution in [-0.4, -0.2) is 49.0 Å². The Bertz CT molecular complexity index is 594. The van der Waals surface area contributed by atoms with Crippen LogP contribution in [0.2, 0.25) is 5.15 Å². The molecule has 0 aliphatic carbocycles. The molecule has 1 aliphatic rings. The number of rotatable bonds is 3. The van der Waals surface area contributed by atoms with Crippen LogP contribution in [0.1, 0.15) is 27.2 Å². The maximum Gasteiger partial charge on any atom is 0.408 e. The molecule has 1 fully saturated rings. The molecule has 0 bridgehead atoms. The molecule has 134 valence electrons. The van der Waals surface area contributed by atoms with Gasteiger partial charge in [0.25, 0.3) is 0 Å². The van der Waals surface area contributed by atoms with Gasteiger partial charge in [0.05, 0.1) is 21.4 Å². The molecular formula is C16H23ClIN3O3.